The smallest absolute Gasteiger partial charge is 0.335 e. The highest BCUT2D eigenvalue weighted by Gasteiger charge is 2.12. The number of halogens is 1. The van der Waals surface area contributed by atoms with Crippen LogP contribution in [0.1, 0.15) is 26.3 Å². The molecule has 0 aliphatic rings. The van der Waals surface area contributed by atoms with E-state index in [1.165, 1.54) is 12.1 Å². The fourth-order valence-corrected chi connectivity index (χ4v) is 1.72. The first-order chi connectivity index (χ1) is 9.08. The van der Waals surface area contributed by atoms with E-state index < -0.39 is 11.8 Å². The molecule has 0 aromatic heterocycles. The molecule has 2 rings (SSSR count). The largest absolute Gasteiger partial charge is 0.478 e. The summed E-state index contributed by atoms with van der Waals surface area (Å²) in [5.74, 6) is -2.08. The van der Waals surface area contributed by atoms with Crippen molar-refractivity contribution in [1.82, 2.24) is 0 Å². The number of carboxylic acids is 1. The van der Waals surface area contributed by atoms with Gasteiger partial charge in [-0.1, -0.05) is 36.4 Å². The molecule has 0 spiro atoms. The maximum atomic E-state index is 13.7. The number of hydrogen-bond donors (Lipinski definition) is 1. The van der Waals surface area contributed by atoms with Gasteiger partial charge >= 0.3 is 5.97 Å². The predicted octanol–water partition coefficient (Wildman–Crippen LogP) is 2.95. The second kappa shape index (κ2) is 5.44. The van der Waals surface area contributed by atoms with Gasteiger partial charge in [-0.2, -0.15) is 0 Å². The summed E-state index contributed by atoms with van der Waals surface area (Å²) in [7, 11) is 0. The van der Waals surface area contributed by atoms with E-state index in [0.717, 1.165) is 6.07 Å². The lowest BCUT2D eigenvalue weighted by Gasteiger charge is -2.04. The summed E-state index contributed by atoms with van der Waals surface area (Å²) in [5, 5.41) is 8.73. The zero-order chi connectivity index (χ0) is 13.8. The molecule has 4 heteroatoms. The third-order valence-corrected chi connectivity index (χ3v) is 2.75. The van der Waals surface area contributed by atoms with Gasteiger partial charge in [-0.3, -0.25) is 4.79 Å². The Bertz CT molecular complexity index is 621. The minimum absolute atomic E-state index is 0.0876. The van der Waals surface area contributed by atoms with Crippen LogP contribution in [0, 0.1) is 5.82 Å². The van der Waals surface area contributed by atoms with Gasteiger partial charge in [0.15, 0.2) is 5.78 Å². The van der Waals surface area contributed by atoms with Crippen LogP contribution in [0.25, 0.3) is 0 Å². The summed E-state index contributed by atoms with van der Waals surface area (Å²) in [6, 6.07) is 12.1. The summed E-state index contributed by atoms with van der Waals surface area (Å²) in [6.07, 6.45) is -0.0876. The summed E-state index contributed by atoms with van der Waals surface area (Å²) in [4.78, 5) is 22.6. The number of Topliss-reactive ketones (excluding diaryl/α,β-unsaturated/α-hetero) is 1. The summed E-state index contributed by atoms with van der Waals surface area (Å²) >= 11 is 0. The van der Waals surface area contributed by atoms with Crippen molar-refractivity contribution < 1.29 is 19.1 Å². The van der Waals surface area contributed by atoms with Gasteiger partial charge in [-0.05, 0) is 17.7 Å². The second-order valence-corrected chi connectivity index (χ2v) is 4.08. The van der Waals surface area contributed by atoms with Crippen molar-refractivity contribution in [3.8, 4) is 0 Å². The molecule has 0 heterocycles. The van der Waals surface area contributed by atoms with E-state index >= 15 is 0 Å². The maximum absolute atomic E-state index is 13.7. The highest BCUT2D eigenvalue weighted by atomic mass is 19.1. The first-order valence-electron chi connectivity index (χ1n) is 5.68. The normalized spacial score (nSPS) is 10.2. The molecular formula is C15H11FO3. The average Bonchev–Trinajstić information content (AvgIpc) is 2.41. The Labute approximate surface area is 109 Å². The number of ketones is 1. The Hall–Kier alpha value is -2.49. The molecule has 0 radical (unpaired) electrons. The van der Waals surface area contributed by atoms with Gasteiger partial charge in [-0.15, -0.1) is 0 Å². The molecular weight excluding hydrogens is 247 g/mol. The van der Waals surface area contributed by atoms with Gasteiger partial charge in [-0.25, -0.2) is 9.18 Å². The number of carbonyl (C=O) groups excluding carboxylic acids is 1. The van der Waals surface area contributed by atoms with Crippen LogP contribution in [0.2, 0.25) is 0 Å². The van der Waals surface area contributed by atoms with Crippen molar-refractivity contribution in [3.05, 3.63) is 71.0 Å². The molecule has 0 saturated carbocycles. The van der Waals surface area contributed by atoms with Crippen LogP contribution in [-0.4, -0.2) is 16.9 Å². The minimum atomic E-state index is -1.19. The third-order valence-electron chi connectivity index (χ3n) is 2.75. The van der Waals surface area contributed by atoms with Gasteiger partial charge in [0.1, 0.15) is 5.82 Å². The van der Waals surface area contributed by atoms with E-state index in [4.69, 9.17) is 5.11 Å². The summed E-state index contributed by atoms with van der Waals surface area (Å²) in [5.41, 5.74) is 0.566. The Kier molecular flexibility index (Phi) is 3.71. The summed E-state index contributed by atoms with van der Waals surface area (Å²) < 4.78 is 13.7. The molecule has 2 aromatic carbocycles. The first-order valence-corrected chi connectivity index (χ1v) is 5.68. The number of hydrogen-bond acceptors (Lipinski definition) is 2. The van der Waals surface area contributed by atoms with E-state index in [9.17, 15) is 14.0 Å². The highest BCUT2D eigenvalue weighted by molar-refractivity contribution is 5.97. The van der Waals surface area contributed by atoms with Gasteiger partial charge < -0.3 is 5.11 Å². The zero-order valence-corrected chi connectivity index (χ0v) is 9.97. The van der Waals surface area contributed by atoms with E-state index in [2.05, 4.69) is 0 Å². The number of aromatic carboxylic acids is 1. The maximum Gasteiger partial charge on any atom is 0.335 e. The van der Waals surface area contributed by atoms with Crippen molar-refractivity contribution in [2.24, 2.45) is 0 Å². The molecule has 96 valence electrons. The van der Waals surface area contributed by atoms with Crippen molar-refractivity contribution in [2.45, 2.75) is 6.42 Å². The molecule has 0 aliphatic heterocycles. The molecule has 0 unspecified atom stereocenters. The zero-order valence-electron chi connectivity index (χ0n) is 9.97. The molecule has 0 amide bonds. The quantitative estimate of drug-likeness (QED) is 0.858. The Morgan fingerprint density at radius 2 is 1.68 bits per heavy atom. The molecule has 0 atom stereocenters. The average molecular weight is 258 g/mol. The number of rotatable bonds is 4. The molecule has 19 heavy (non-hydrogen) atoms. The third kappa shape index (κ3) is 3.04. The number of benzene rings is 2. The van der Waals surface area contributed by atoms with Crippen LogP contribution < -0.4 is 0 Å². The van der Waals surface area contributed by atoms with Crippen molar-refractivity contribution >= 4 is 11.8 Å². The second-order valence-electron chi connectivity index (χ2n) is 4.08. The lowest BCUT2D eigenvalue weighted by Crippen LogP contribution is -2.06. The van der Waals surface area contributed by atoms with Crippen LogP contribution in [0.3, 0.4) is 0 Å². The fraction of sp³-hybridized carbons (Fsp3) is 0.0667. The fourth-order valence-electron chi connectivity index (χ4n) is 1.72. The monoisotopic (exact) mass is 258 g/mol. The van der Waals surface area contributed by atoms with Crippen LogP contribution in [0.5, 0.6) is 0 Å². The minimum Gasteiger partial charge on any atom is -0.478 e. The van der Waals surface area contributed by atoms with E-state index in [0.29, 0.717) is 5.56 Å². The van der Waals surface area contributed by atoms with Crippen LogP contribution in [-0.2, 0) is 6.42 Å². The van der Waals surface area contributed by atoms with Gasteiger partial charge in [0.2, 0.25) is 0 Å². The predicted molar refractivity (Wildman–Crippen MR) is 67.8 cm³/mol. The van der Waals surface area contributed by atoms with Gasteiger partial charge in [0, 0.05) is 12.0 Å². The summed E-state index contributed by atoms with van der Waals surface area (Å²) in [6.45, 7) is 0. The molecule has 3 nitrogen and oxygen atoms in total. The lowest BCUT2D eigenvalue weighted by molar-refractivity contribution is 0.0696. The SMILES string of the molecule is O=C(O)c1ccc(CC(=O)c2ccccc2)c(F)c1. The Morgan fingerprint density at radius 3 is 2.26 bits per heavy atom. The Morgan fingerprint density at radius 1 is 1.00 bits per heavy atom. The lowest BCUT2D eigenvalue weighted by atomic mass is 10.0. The first kappa shape index (κ1) is 13.0. The van der Waals surface area contributed by atoms with Crippen molar-refractivity contribution in [3.63, 3.8) is 0 Å². The van der Waals surface area contributed by atoms with Gasteiger partial charge in [0.25, 0.3) is 0 Å². The molecule has 0 saturated heterocycles. The van der Waals surface area contributed by atoms with E-state index in [-0.39, 0.29) is 23.3 Å². The molecule has 2 aromatic rings. The number of carboxylic acid groups (broad SMARTS) is 1. The standard InChI is InChI=1S/C15H11FO3/c16-13-8-12(15(18)19)7-6-11(13)9-14(17)10-4-2-1-3-5-10/h1-8H,9H2,(H,18,19). The molecule has 0 bridgehead atoms. The molecule has 0 fully saturated rings. The van der Waals surface area contributed by atoms with Crippen molar-refractivity contribution in [2.75, 3.05) is 0 Å². The Balaban J connectivity index is 2.20. The van der Waals surface area contributed by atoms with E-state index in [1.54, 1.807) is 30.3 Å². The molecule has 0 aliphatic carbocycles. The topological polar surface area (TPSA) is 54.4 Å². The van der Waals surface area contributed by atoms with E-state index in [1.807, 2.05) is 0 Å². The van der Waals surface area contributed by atoms with Crippen LogP contribution in [0.4, 0.5) is 4.39 Å². The van der Waals surface area contributed by atoms with Gasteiger partial charge in [0.05, 0.1) is 5.56 Å². The van der Waals surface area contributed by atoms with Crippen LogP contribution >= 0.6 is 0 Å². The van der Waals surface area contributed by atoms with Crippen LogP contribution in [0.15, 0.2) is 48.5 Å². The number of carbonyl (C=O) groups is 2. The molecule has 1 N–H and O–H groups in total. The van der Waals surface area contributed by atoms with Crippen molar-refractivity contribution in [1.29, 1.82) is 0 Å². The highest BCUT2D eigenvalue weighted by Crippen LogP contribution is 2.14.